The van der Waals surface area contributed by atoms with Crippen LogP contribution in [0.3, 0.4) is 0 Å². The molecule has 14 heavy (non-hydrogen) atoms. The summed E-state index contributed by atoms with van der Waals surface area (Å²) in [5, 5.41) is 12.5. The number of fused-ring (bicyclic) bond motifs is 1. The molecule has 1 heterocycles. The van der Waals surface area contributed by atoms with Crippen LogP contribution in [0.25, 0.3) is 10.1 Å². The Bertz CT molecular complexity index is 462. The molecule has 74 valence electrons. The fourth-order valence-corrected chi connectivity index (χ4v) is 3.08. The lowest BCUT2D eigenvalue weighted by Crippen LogP contribution is -1.81. The van der Waals surface area contributed by atoms with Crippen molar-refractivity contribution >= 4 is 33.2 Å². The number of rotatable bonds is 2. The Balaban J connectivity index is 2.78. The molecule has 0 radical (unpaired) electrons. The van der Waals surface area contributed by atoms with Gasteiger partial charge in [-0.3, -0.25) is 0 Å². The number of phenols is 1. The SMILES string of the molecule is COc1csc2cc(O)cc(SC)c12. The normalized spacial score (nSPS) is 10.7. The highest BCUT2D eigenvalue weighted by molar-refractivity contribution is 7.98. The van der Waals surface area contributed by atoms with Gasteiger partial charge in [-0.1, -0.05) is 0 Å². The number of thioether (sulfide) groups is 1. The van der Waals surface area contributed by atoms with Gasteiger partial charge in [0.15, 0.2) is 0 Å². The van der Waals surface area contributed by atoms with E-state index in [1.807, 2.05) is 11.6 Å². The number of methoxy groups -OCH3 is 1. The number of benzene rings is 1. The maximum absolute atomic E-state index is 9.48. The lowest BCUT2D eigenvalue weighted by atomic mass is 10.2. The van der Waals surface area contributed by atoms with Crippen molar-refractivity contribution in [2.24, 2.45) is 0 Å². The molecule has 0 bridgehead atoms. The van der Waals surface area contributed by atoms with E-state index in [1.54, 1.807) is 42.3 Å². The van der Waals surface area contributed by atoms with E-state index in [-0.39, 0.29) is 0 Å². The standard InChI is InChI=1S/C10H10O2S2/c1-12-7-5-14-9-4-6(11)3-8(13-2)10(7)9/h3-5,11H,1-2H3. The number of ether oxygens (including phenoxy) is 1. The summed E-state index contributed by atoms with van der Waals surface area (Å²) >= 11 is 3.20. The van der Waals surface area contributed by atoms with Gasteiger partial charge in [-0.15, -0.1) is 23.1 Å². The fourth-order valence-electron chi connectivity index (χ4n) is 1.40. The van der Waals surface area contributed by atoms with Crippen molar-refractivity contribution in [1.29, 1.82) is 0 Å². The van der Waals surface area contributed by atoms with Gasteiger partial charge in [0.1, 0.15) is 11.5 Å². The number of aromatic hydroxyl groups is 1. The summed E-state index contributed by atoms with van der Waals surface area (Å²) in [6.07, 6.45) is 1.99. The molecular formula is C10H10O2S2. The minimum atomic E-state index is 0.311. The lowest BCUT2D eigenvalue weighted by molar-refractivity contribution is 0.420. The molecule has 0 unspecified atom stereocenters. The maximum Gasteiger partial charge on any atom is 0.138 e. The molecule has 0 atom stereocenters. The Morgan fingerprint density at radius 1 is 1.43 bits per heavy atom. The van der Waals surface area contributed by atoms with Crippen molar-refractivity contribution in [3.63, 3.8) is 0 Å². The van der Waals surface area contributed by atoms with E-state index in [4.69, 9.17) is 4.74 Å². The Labute approximate surface area is 90.5 Å². The third kappa shape index (κ3) is 1.44. The van der Waals surface area contributed by atoms with Crippen LogP contribution in [-0.4, -0.2) is 18.5 Å². The molecule has 0 saturated carbocycles. The highest BCUT2D eigenvalue weighted by atomic mass is 32.2. The zero-order valence-electron chi connectivity index (χ0n) is 7.90. The first-order valence-corrected chi connectivity index (χ1v) is 6.19. The van der Waals surface area contributed by atoms with Gasteiger partial charge in [-0.05, 0) is 18.4 Å². The Kier molecular flexibility index (Phi) is 2.56. The molecule has 2 nitrogen and oxygen atoms in total. The minimum absolute atomic E-state index is 0.311. The van der Waals surface area contributed by atoms with E-state index in [0.29, 0.717) is 5.75 Å². The Morgan fingerprint density at radius 3 is 2.86 bits per heavy atom. The summed E-state index contributed by atoms with van der Waals surface area (Å²) in [5.41, 5.74) is 0. The smallest absolute Gasteiger partial charge is 0.138 e. The minimum Gasteiger partial charge on any atom is -0.508 e. The summed E-state index contributed by atoms with van der Waals surface area (Å²) in [4.78, 5) is 1.05. The summed E-state index contributed by atoms with van der Waals surface area (Å²) in [6, 6.07) is 3.53. The zero-order chi connectivity index (χ0) is 10.1. The molecule has 1 N–H and O–H groups in total. The number of thiophene rings is 1. The third-order valence-corrected chi connectivity index (χ3v) is 3.70. The summed E-state index contributed by atoms with van der Waals surface area (Å²) < 4.78 is 6.33. The van der Waals surface area contributed by atoms with Crippen LogP contribution in [0.5, 0.6) is 11.5 Å². The van der Waals surface area contributed by atoms with Crippen LogP contribution < -0.4 is 4.74 Å². The van der Waals surface area contributed by atoms with Gasteiger partial charge in [0.05, 0.1) is 7.11 Å². The van der Waals surface area contributed by atoms with Crippen LogP contribution >= 0.6 is 23.1 Å². The van der Waals surface area contributed by atoms with E-state index in [1.165, 1.54) is 0 Å². The monoisotopic (exact) mass is 226 g/mol. The first-order chi connectivity index (χ1) is 6.76. The van der Waals surface area contributed by atoms with Crippen molar-refractivity contribution in [3.8, 4) is 11.5 Å². The average Bonchev–Trinajstić information content (AvgIpc) is 2.59. The van der Waals surface area contributed by atoms with E-state index < -0.39 is 0 Å². The van der Waals surface area contributed by atoms with Crippen molar-refractivity contribution in [2.45, 2.75) is 4.90 Å². The maximum atomic E-state index is 9.48. The van der Waals surface area contributed by atoms with Gasteiger partial charge >= 0.3 is 0 Å². The molecule has 0 fully saturated rings. The summed E-state index contributed by atoms with van der Waals surface area (Å²) in [7, 11) is 1.67. The quantitative estimate of drug-likeness (QED) is 0.796. The molecule has 0 aliphatic rings. The third-order valence-electron chi connectivity index (χ3n) is 2.03. The topological polar surface area (TPSA) is 29.5 Å². The average molecular weight is 226 g/mol. The molecular weight excluding hydrogens is 216 g/mol. The first-order valence-electron chi connectivity index (χ1n) is 4.08. The van der Waals surface area contributed by atoms with Crippen LogP contribution in [0.2, 0.25) is 0 Å². The molecule has 0 amide bonds. The molecule has 0 aliphatic carbocycles. The van der Waals surface area contributed by atoms with Crippen molar-refractivity contribution < 1.29 is 9.84 Å². The van der Waals surface area contributed by atoms with E-state index >= 15 is 0 Å². The second kappa shape index (κ2) is 3.71. The van der Waals surface area contributed by atoms with Gasteiger partial charge in [0.2, 0.25) is 0 Å². The van der Waals surface area contributed by atoms with E-state index in [0.717, 1.165) is 20.7 Å². The van der Waals surface area contributed by atoms with Gasteiger partial charge in [-0.2, -0.15) is 0 Å². The molecule has 4 heteroatoms. The molecule has 1 aromatic carbocycles. The van der Waals surface area contributed by atoms with Crippen molar-refractivity contribution in [3.05, 3.63) is 17.5 Å². The fraction of sp³-hybridized carbons (Fsp3) is 0.200. The molecule has 1 aromatic heterocycles. The van der Waals surface area contributed by atoms with Gasteiger partial charge in [0.25, 0.3) is 0 Å². The summed E-state index contributed by atoms with van der Waals surface area (Å²) in [6.45, 7) is 0. The van der Waals surface area contributed by atoms with Gasteiger partial charge < -0.3 is 9.84 Å². The Morgan fingerprint density at radius 2 is 2.21 bits per heavy atom. The summed E-state index contributed by atoms with van der Waals surface area (Å²) in [5.74, 6) is 1.20. The predicted octanol–water partition coefficient (Wildman–Crippen LogP) is 3.34. The van der Waals surface area contributed by atoms with Gasteiger partial charge in [0, 0.05) is 20.4 Å². The largest absolute Gasteiger partial charge is 0.508 e. The van der Waals surface area contributed by atoms with E-state index in [2.05, 4.69) is 0 Å². The van der Waals surface area contributed by atoms with Crippen LogP contribution in [0, 0.1) is 0 Å². The predicted molar refractivity (Wildman–Crippen MR) is 61.8 cm³/mol. The van der Waals surface area contributed by atoms with Crippen LogP contribution in [-0.2, 0) is 0 Å². The Hall–Kier alpha value is -0.870. The number of phenolic OH excluding ortho intramolecular Hbond substituents is 1. The highest BCUT2D eigenvalue weighted by Crippen LogP contribution is 2.40. The van der Waals surface area contributed by atoms with Crippen LogP contribution in [0.15, 0.2) is 22.4 Å². The van der Waals surface area contributed by atoms with Crippen LogP contribution in [0.4, 0.5) is 0 Å². The molecule has 2 rings (SSSR count). The molecule has 0 spiro atoms. The second-order valence-electron chi connectivity index (χ2n) is 2.83. The van der Waals surface area contributed by atoms with Crippen LogP contribution in [0.1, 0.15) is 0 Å². The van der Waals surface area contributed by atoms with E-state index in [9.17, 15) is 5.11 Å². The second-order valence-corrected chi connectivity index (χ2v) is 4.58. The number of hydrogen-bond acceptors (Lipinski definition) is 4. The lowest BCUT2D eigenvalue weighted by Gasteiger charge is -2.03. The number of hydrogen-bond donors (Lipinski definition) is 1. The first kappa shape index (κ1) is 9.68. The van der Waals surface area contributed by atoms with Crippen molar-refractivity contribution in [1.82, 2.24) is 0 Å². The molecule has 2 aromatic rings. The van der Waals surface area contributed by atoms with Crippen molar-refractivity contribution in [2.75, 3.05) is 13.4 Å². The highest BCUT2D eigenvalue weighted by Gasteiger charge is 2.10. The zero-order valence-corrected chi connectivity index (χ0v) is 9.54. The molecule has 0 aliphatic heterocycles. The van der Waals surface area contributed by atoms with Gasteiger partial charge in [-0.25, -0.2) is 0 Å². The molecule has 0 saturated heterocycles.